The molecule has 1 atom stereocenters. The third kappa shape index (κ3) is 4.27. The Hall–Kier alpha value is -0.570. The molecule has 0 spiro atoms. The van der Waals surface area contributed by atoms with Crippen LogP contribution in [0.4, 0.5) is 0 Å². The van der Waals surface area contributed by atoms with Crippen LogP contribution in [0.5, 0.6) is 0 Å². The van der Waals surface area contributed by atoms with Crippen LogP contribution in [0, 0.1) is 6.92 Å². The van der Waals surface area contributed by atoms with Crippen LogP contribution < -0.4 is 5.32 Å². The highest BCUT2D eigenvalue weighted by atomic mass is 35.5. The molecule has 0 saturated carbocycles. The number of aryl methyl sites for hydroxylation is 1. The molecule has 0 aliphatic rings. The van der Waals surface area contributed by atoms with Crippen molar-refractivity contribution in [3.8, 4) is 0 Å². The summed E-state index contributed by atoms with van der Waals surface area (Å²) < 4.78 is 5.46. The molecule has 0 saturated heterocycles. The molecule has 0 radical (unpaired) electrons. The van der Waals surface area contributed by atoms with E-state index >= 15 is 0 Å². The van der Waals surface area contributed by atoms with Gasteiger partial charge in [0, 0.05) is 18.2 Å². The van der Waals surface area contributed by atoms with Gasteiger partial charge in [0.25, 0.3) is 0 Å². The van der Waals surface area contributed by atoms with Gasteiger partial charge in [-0.1, -0.05) is 23.7 Å². The van der Waals surface area contributed by atoms with E-state index in [0.29, 0.717) is 0 Å². The molecule has 0 bridgehead atoms. The number of ether oxygens (including phenoxy) is 1. The molecule has 1 aromatic rings. The van der Waals surface area contributed by atoms with Gasteiger partial charge in [-0.2, -0.15) is 0 Å². The van der Waals surface area contributed by atoms with Crippen molar-refractivity contribution in [3.05, 3.63) is 34.3 Å². The third-order valence-corrected chi connectivity index (χ3v) is 3.79. The van der Waals surface area contributed by atoms with Gasteiger partial charge in [0.2, 0.25) is 0 Å². The Bertz CT molecular complexity index is 390. The van der Waals surface area contributed by atoms with Gasteiger partial charge in [0.05, 0.1) is 5.60 Å². The molecule has 1 N–H and O–H groups in total. The maximum atomic E-state index is 6.32. The van der Waals surface area contributed by atoms with E-state index in [2.05, 4.69) is 38.2 Å². The summed E-state index contributed by atoms with van der Waals surface area (Å²) in [5, 5.41) is 4.17. The summed E-state index contributed by atoms with van der Waals surface area (Å²) in [5.74, 6) is 0. The molecule has 0 heterocycles. The highest BCUT2D eigenvalue weighted by molar-refractivity contribution is 6.31. The van der Waals surface area contributed by atoms with E-state index in [1.807, 2.05) is 13.1 Å². The smallest absolute Gasteiger partial charge is 0.0623 e. The lowest BCUT2D eigenvalue weighted by atomic mass is 9.94. The number of hydrogen-bond donors (Lipinski definition) is 1. The number of hydrogen-bond acceptors (Lipinski definition) is 2. The van der Waals surface area contributed by atoms with E-state index in [9.17, 15) is 0 Å². The monoisotopic (exact) mass is 269 g/mol. The maximum absolute atomic E-state index is 6.32. The van der Waals surface area contributed by atoms with Crippen LogP contribution in [0.15, 0.2) is 18.2 Å². The second kappa shape index (κ2) is 6.55. The van der Waals surface area contributed by atoms with E-state index < -0.39 is 0 Å². The minimum absolute atomic E-state index is 0.0910. The standard InChI is InChI=1S/C15H24ClNO/c1-11-6-7-12(13(16)10-11)14(17-4)8-9-15(2,3)18-5/h6-7,10,14,17H,8-9H2,1-5H3. The normalized spacial score (nSPS) is 13.7. The lowest BCUT2D eigenvalue weighted by Gasteiger charge is -2.26. The summed E-state index contributed by atoms with van der Waals surface area (Å²) in [5.41, 5.74) is 2.26. The minimum atomic E-state index is -0.0910. The molecule has 1 unspecified atom stereocenters. The van der Waals surface area contributed by atoms with Gasteiger partial charge in [0.15, 0.2) is 0 Å². The Morgan fingerprint density at radius 1 is 1.39 bits per heavy atom. The van der Waals surface area contributed by atoms with Crippen LogP contribution in [0.1, 0.15) is 43.9 Å². The van der Waals surface area contributed by atoms with Crippen LogP contribution in [0.3, 0.4) is 0 Å². The first-order valence-electron chi connectivity index (χ1n) is 6.38. The van der Waals surface area contributed by atoms with Crippen molar-refractivity contribution in [1.82, 2.24) is 5.32 Å². The molecule has 0 amide bonds. The van der Waals surface area contributed by atoms with Gasteiger partial charge < -0.3 is 10.1 Å². The minimum Gasteiger partial charge on any atom is -0.379 e. The molecule has 0 aliphatic carbocycles. The fraction of sp³-hybridized carbons (Fsp3) is 0.600. The first-order chi connectivity index (χ1) is 8.39. The number of halogens is 1. The largest absolute Gasteiger partial charge is 0.379 e. The Morgan fingerprint density at radius 2 is 2.06 bits per heavy atom. The summed E-state index contributed by atoms with van der Waals surface area (Å²) in [4.78, 5) is 0. The van der Waals surface area contributed by atoms with Gasteiger partial charge in [-0.15, -0.1) is 0 Å². The number of nitrogens with one attached hydrogen (secondary N) is 1. The van der Waals surface area contributed by atoms with Crippen molar-refractivity contribution in [2.75, 3.05) is 14.2 Å². The lowest BCUT2D eigenvalue weighted by Crippen LogP contribution is -2.26. The van der Waals surface area contributed by atoms with Crippen molar-refractivity contribution in [2.24, 2.45) is 0 Å². The van der Waals surface area contributed by atoms with Gasteiger partial charge in [-0.3, -0.25) is 0 Å². The van der Waals surface area contributed by atoms with Gasteiger partial charge in [-0.05, 0) is 57.9 Å². The summed E-state index contributed by atoms with van der Waals surface area (Å²) >= 11 is 6.32. The van der Waals surface area contributed by atoms with Crippen molar-refractivity contribution < 1.29 is 4.74 Å². The topological polar surface area (TPSA) is 21.3 Å². The van der Waals surface area contributed by atoms with Crippen LogP contribution in [-0.4, -0.2) is 19.8 Å². The molecule has 18 heavy (non-hydrogen) atoms. The quantitative estimate of drug-likeness (QED) is 0.839. The van der Waals surface area contributed by atoms with E-state index in [1.165, 1.54) is 5.56 Å². The maximum Gasteiger partial charge on any atom is 0.0623 e. The van der Waals surface area contributed by atoms with Crippen molar-refractivity contribution in [1.29, 1.82) is 0 Å². The number of rotatable bonds is 6. The average molecular weight is 270 g/mol. The van der Waals surface area contributed by atoms with E-state index in [1.54, 1.807) is 7.11 Å². The summed E-state index contributed by atoms with van der Waals surface area (Å²) in [7, 11) is 3.73. The predicted octanol–water partition coefficient (Wildman–Crippen LogP) is 4.11. The van der Waals surface area contributed by atoms with E-state index in [-0.39, 0.29) is 11.6 Å². The van der Waals surface area contributed by atoms with E-state index in [0.717, 1.165) is 23.4 Å². The van der Waals surface area contributed by atoms with Gasteiger partial charge in [-0.25, -0.2) is 0 Å². The molecule has 102 valence electrons. The Morgan fingerprint density at radius 3 is 2.56 bits per heavy atom. The number of benzene rings is 1. The molecule has 2 nitrogen and oxygen atoms in total. The molecule has 0 aromatic heterocycles. The predicted molar refractivity (Wildman–Crippen MR) is 78.3 cm³/mol. The Labute approximate surface area is 116 Å². The summed E-state index contributed by atoms with van der Waals surface area (Å²) in [6.07, 6.45) is 1.99. The molecular formula is C15H24ClNO. The highest BCUT2D eigenvalue weighted by Crippen LogP contribution is 2.29. The fourth-order valence-electron chi connectivity index (χ4n) is 1.96. The van der Waals surface area contributed by atoms with Crippen LogP contribution in [0.2, 0.25) is 5.02 Å². The van der Waals surface area contributed by atoms with E-state index in [4.69, 9.17) is 16.3 Å². The summed E-state index contributed by atoms with van der Waals surface area (Å²) in [6.45, 7) is 6.27. The highest BCUT2D eigenvalue weighted by Gasteiger charge is 2.20. The first-order valence-corrected chi connectivity index (χ1v) is 6.76. The Balaban J connectivity index is 2.77. The van der Waals surface area contributed by atoms with Crippen LogP contribution in [0.25, 0.3) is 0 Å². The summed E-state index contributed by atoms with van der Waals surface area (Å²) in [6, 6.07) is 6.50. The SMILES string of the molecule is CNC(CCC(C)(C)OC)c1ccc(C)cc1Cl. The first kappa shape index (κ1) is 15.5. The molecule has 1 aromatic carbocycles. The van der Waals surface area contributed by atoms with Crippen LogP contribution in [-0.2, 0) is 4.74 Å². The fourth-order valence-corrected chi connectivity index (χ4v) is 2.33. The number of methoxy groups -OCH3 is 1. The second-order valence-corrected chi connectivity index (χ2v) is 5.78. The average Bonchev–Trinajstić information content (AvgIpc) is 2.32. The molecular weight excluding hydrogens is 246 g/mol. The molecule has 3 heteroatoms. The zero-order valence-electron chi connectivity index (χ0n) is 12.0. The lowest BCUT2D eigenvalue weighted by molar-refractivity contribution is 0.0118. The van der Waals surface area contributed by atoms with Crippen LogP contribution >= 0.6 is 11.6 Å². The van der Waals surface area contributed by atoms with Gasteiger partial charge >= 0.3 is 0 Å². The molecule has 1 rings (SSSR count). The zero-order valence-corrected chi connectivity index (χ0v) is 12.8. The zero-order chi connectivity index (χ0) is 13.8. The van der Waals surface area contributed by atoms with Crippen molar-refractivity contribution >= 4 is 11.6 Å². The third-order valence-electron chi connectivity index (χ3n) is 3.47. The molecule has 0 fully saturated rings. The molecule has 0 aliphatic heterocycles. The van der Waals surface area contributed by atoms with Gasteiger partial charge in [0.1, 0.15) is 0 Å². The van der Waals surface area contributed by atoms with Crippen molar-refractivity contribution in [2.45, 2.75) is 45.3 Å². The Kier molecular flexibility index (Phi) is 5.64. The second-order valence-electron chi connectivity index (χ2n) is 5.37. The van der Waals surface area contributed by atoms with Crippen molar-refractivity contribution in [3.63, 3.8) is 0 Å².